The molecule has 0 spiro atoms. The van der Waals surface area contributed by atoms with E-state index in [0.717, 1.165) is 0 Å². The van der Waals surface area contributed by atoms with E-state index < -0.39 is 0 Å². The molecule has 0 radical (unpaired) electrons. The number of hydrogen-bond donors (Lipinski definition) is 0. The van der Waals surface area contributed by atoms with Crippen LogP contribution in [0.1, 0.15) is 26.7 Å². The molecule has 2 nitrogen and oxygen atoms in total. The minimum absolute atomic E-state index is 0.487. The molecule has 0 saturated heterocycles. The van der Waals surface area contributed by atoms with Gasteiger partial charge in [0.25, 0.3) is 0 Å². The molecule has 0 aromatic rings. The molecule has 0 aliphatic heterocycles. The summed E-state index contributed by atoms with van der Waals surface area (Å²) in [6, 6.07) is 0.974. The number of halogens is 2. The van der Waals surface area contributed by atoms with Gasteiger partial charge in [0.15, 0.2) is 0 Å². The highest BCUT2D eigenvalue weighted by Crippen LogP contribution is 2.25. The van der Waals surface area contributed by atoms with Gasteiger partial charge in [0, 0.05) is 37.2 Å². The third kappa shape index (κ3) is 4.15. The van der Waals surface area contributed by atoms with Crippen LogP contribution < -0.4 is 0 Å². The molecule has 1 fully saturated rings. The fourth-order valence-corrected chi connectivity index (χ4v) is 1.20. The third-order valence-electron chi connectivity index (χ3n) is 1.88. The summed E-state index contributed by atoms with van der Waals surface area (Å²) in [7, 11) is 0. The first-order valence-electron chi connectivity index (χ1n) is 3.98. The van der Waals surface area contributed by atoms with Gasteiger partial charge in [-0.1, -0.05) is 0 Å². The van der Waals surface area contributed by atoms with Crippen LogP contribution in [-0.4, -0.2) is 24.5 Å². The second-order valence-corrected chi connectivity index (χ2v) is 2.53. The summed E-state index contributed by atoms with van der Waals surface area (Å²) < 4.78 is 0. The molecule has 2 atom stereocenters. The Kier molecular flexibility index (Phi) is 8.96. The first kappa shape index (κ1) is 12.8. The predicted octanol–water partition coefficient (Wildman–Crippen LogP) is 3.47. The summed E-state index contributed by atoms with van der Waals surface area (Å²) >= 11 is 4.24. The molecule has 1 rings (SSSR count). The van der Waals surface area contributed by atoms with Gasteiger partial charge in [-0.25, -0.2) is 0 Å². The normalized spacial score (nSPS) is 28.3. The first-order valence-corrected chi connectivity index (χ1v) is 10.3. The average molecular weight is 392 g/mol. The van der Waals surface area contributed by atoms with Crippen molar-refractivity contribution < 1.29 is 0 Å². The molecule has 0 amide bonds. The van der Waals surface area contributed by atoms with Crippen molar-refractivity contribution in [1.82, 2.24) is 0 Å². The Morgan fingerprint density at radius 3 is 1.50 bits per heavy atom. The Morgan fingerprint density at radius 1 is 1.00 bits per heavy atom. The van der Waals surface area contributed by atoms with Crippen LogP contribution in [0.4, 0.5) is 0 Å². The van der Waals surface area contributed by atoms with E-state index >= 15 is 0 Å². The van der Waals surface area contributed by atoms with Gasteiger partial charge in [0.05, 0.1) is 12.1 Å². The summed E-state index contributed by atoms with van der Waals surface area (Å²) in [6.45, 7) is 3.93. The molecule has 1 aliphatic rings. The van der Waals surface area contributed by atoms with Crippen LogP contribution >= 0.6 is 37.2 Å². The van der Waals surface area contributed by atoms with Crippen LogP contribution in [0.5, 0.6) is 0 Å². The van der Waals surface area contributed by atoms with Gasteiger partial charge in [0.2, 0.25) is 0 Å². The molecule has 2 unspecified atom stereocenters. The highest BCUT2D eigenvalue weighted by Gasteiger charge is 2.28. The van der Waals surface area contributed by atoms with Crippen LogP contribution in [0, 0.1) is 0 Å². The maximum Gasteiger partial charge on any atom is 0.0719 e. The molecule has 1 saturated carbocycles. The third-order valence-corrected chi connectivity index (χ3v) is 1.88. The summed E-state index contributed by atoms with van der Waals surface area (Å²) in [6.07, 6.45) is 6.18. The molecule has 70 valence electrons. The number of aliphatic imine (C=N–C) groups is 2. The van der Waals surface area contributed by atoms with E-state index in [1.165, 1.54) is 12.8 Å². The van der Waals surface area contributed by atoms with Crippen LogP contribution in [0.25, 0.3) is 0 Å². The topological polar surface area (TPSA) is 24.7 Å². The monoisotopic (exact) mass is 392 g/mol. The van der Waals surface area contributed by atoms with E-state index in [1.54, 1.807) is 0 Å². The van der Waals surface area contributed by atoms with Gasteiger partial charge in [-0.15, -0.1) is 0 Å². The minimum atomic E-state index is 0.487. The molecular formula is C8H14I2N2. The summed E-state index contributed by atoms with van der Waals surface area (Å²) in [4.78, 5) is 8.58. The summed E-state index contributed by atoms with van der Waals surface area (Å²) in [5, 5.41) is 0. The smallest absolute Gasteiger partial charge is 0.0719 e. The van der Waals surface area contributed by atoms with E-state index in [0.29, 0.717) is 12.1 Å². The molecule has 12 heavy (non-hydrogen) atoms. The minimum Gasteiger partial charge on any atom is -0.292 e. The highest BCUT2D eigenvalue weighted by molar-refractivity contribution is 15.0. The van der Waals surface area contributed by atoms with Gasteiger partial charge in [0.1, 0.15) is 0 Å². The zero-order valence-corrected chi connectivity index (χ0v) is 11.7. The Bertz CT molecular complexity index is 139. The van der Waals surface area contributed by atoms with Crippen LogP contribution in [0.2, 0.25) is 0 Å². The standard InChI is InChI=1S/C8H14N2.I2/c1-3-9-7-5-6-8(7)10-4-2;1-2/h3-4,7-8H,5-6H2,1-2H3;. The summed E-state index contributed by atoms with van der Waals surface area (Å²) in [5.74, 6) is 0. The lowest BCUT2D eigenvalue weighted by Gasteiger charge is -2.29. The molecule has 0 aromatic carbocycles. The van der Waals surface area contributed by atoms with E-state index in [4.69, 9.17) is 0 Å². The fourth-order valence-electron chi connectivity index (χ4n) is 1.20. The lowest BCUT2D eigenvalue weighted by molar-refractivity contribution is 0.353. The van der Waals surface area contributed by atoms with E-state index in [9.17, 15) is 0 Å². The number of rotatable bonds is 2. The quantitative estimate of drug-likeness (QED) is 0.508. The fraction of sp³-hybridized carbons (Fsp3) is 0.750. The van der Waals surface area contributed by atoms with Gasteiger partial charge in [-0.2, -0.15) is 0 Å². The lowest BCUT2D eigenvalue weighted by atomic mass is 9.87. The van der Waals surface area contributed by atoms with E-state index in [1.807, 2.05) is 26.3 Å². The number of hydrogen-bond acceptors (Lipinski definition) is 2. The Labute approximate surface area is 97.6 Å². The zero-order valence-electron chi connectivity index (χ0n) is 7.37. The van der Waals surface area contributed by atoms with Crippen molar-refractivity contribution in [2.24, 2.45) is 9.98 Å². The van der Waals surface area contributed by atoms with Gasteiger partial charge in [-0.05, 0) is 39.1 Å². The SMILES string of the molecule is CC=NC1CCC1N=CC.II. The average Bonchev–Trinajstić information content (AvgIpc) is 2.12. The molecule has 0 aromatic heterocycles. The molecule has 1 aliphatic carbocycles. The van der Waals surface area contributed by atoms with Gasteiger partial charge >= 0.3 is 0 Å². The Balaban J connectivity index is 0.000000561. The van der Waals surface area contributed by atoms with Crippen molar-refractivity contribution in [3.63, 3.8) is 0 Å². The molecular weight excluding hydrogens is 378 g/mol. The van der Waals surface area contributed by atoms with E-state index in [-0.39, 0.29) is 0 Å². The maximum atomic E-state index is 4.29. The molecule has 0 N–H and O–H groups in total. The first-order chi connectivity index (χ1) is 5.88. The van der Waals surface area contributed by atoms with Crippen molar-refractivity contribution in [2.75, 3.05) is 0 Å². The van der Waals surface area contributed by atoms with Crippen molar-refractivity contribution in [3.05, 3.63) is 0 Å². The largest absolute Gasteiger partial charge is 0.292 e. The molecule has 0 heterocycles. The highest BCUT2D eigenvalue weighted by atomic mass is 128. The van der Waals surface area contributed by atoms with Crippen molar-refractivity contribution >= 4 is 49.7 Å². The van der Waals surface area contributed by atoms with Crippen LogP contribution in [-0.2, 0) is 0 Å². The van der Waals surface area contributed by atoms with Crippen molar-refractivity contribution in [3.8, 4) is 0 Å². The molecule has 0 bridgehead atoms. The molecule has 4 heteroatoms. The Hall–Kier alpha value is 0.800. The Morgan fingerprint density at radius 2 is 1.33 bits per heavy atom. The number of nitrogens with zero attached hydrogens (tertiary/aromatic N) is 2. The van der Waals surface area contributed by atoms with Crippen LogP contribution in [0.15, 0.2) is 9.98 Å². The zero-order chi connectivity index (χ0) is 9.40. The second-order valence-electron chi connectivity index (χ2n) is 2.53. The van der Waals surface area contributed by atoms with E-state index in [2.05, 4.69) is 47.2 Å². The van der Waals surface area contributed by atoms with Crippen LogP contribution in [0.3, 0.4) is 0 Å². The summed E-state index contributed by atoms with van der Waals surface area (Å²) in [5.41, 5.74) is 0. The second kappa shape index (κ2) is 8.40. The maximum absolute atomic E-state index is 4.29. The predicted molar refractivity (Wildman–Crippen MR) is 73.2 cm³/mol. The van der Waals surface area contributed by atoms with Gasteiger partial charge < -0.3 is 0 Å². The van der Waals surface area contributed by atoms with Crippen molar-refractivity contribution in [2.45, 2.75) is 38.8 Å². The van der Waals surface area contributed by atoms with Gasteiger partial charge in [-0.3, -0.25) is 9.98 Å². The van der Waals surface area contributed by atoms with Crippen molar-refractivity contribution in [1.29, 1.82) is 0 Å². The lowest BCUT2D eigenvalue weighted by Crippen LogP contribution is -2.33.